The predicted octanol–water partition coefficient (Wildman–Crippen LogP) is 3.30. The summed E-state index contributed by atoms with van der Waals surface area (Å²) in [6.45, 7) is 4.71. The summed E-state index contributed by atoms with van der Waals surface area (Å²) in [5.74, 6) is 0. The molecule has 0 bridgehead atoms. The standard InChI is InChI=1S/C19H24N6OS/c1-13-15-10-14(11-20-18(15)24(2)23-13)22-19(26)21-12-16(17-6-5-9-27-17)25-7-3-4-8-25/h5-6,9-11,16H,3-4,7-8,12H2,1-2H3,(H2,21,22,26)/t16-/m0/s1. The van der Waals surface area contributed by atoms with E-state index < -0.39 is 0 Å². The van der Waals surface area contributed by atoms with Gasteiger partial charge in [0.15, 0.2) is 5.65 Å². The van der Waals surface area contributed by atoms with Crippen molar-refractivity contribution in [2.24, 2.45) is 7.05 Å². The largest absolute Gasteiger partial charge is 0.336 e. The van der Waals surface area contributed by atoms with Gasteiger partial charge in [0.2, 0.25) is 0 Å². The van der Waals surface area contributed by atoms with Crippen molar-refractivity contribution in [1.82, 2.24) is 25.0 Å². The van der Waals surface area contributed by atoms with Crippen LogP contribution in [0, 0.1) is 6.92 Å². The zero-order chi connectivity index (χ0) is 18.8. The third-order valence-corrected chi connectivity index (χ3v) is 6.00. The van der Waals surface area contributed by atoms with Gasteiger partial charge in [-0.05, 0) is 50.4 Å². The number of nitrogens with one attached hydrogen (secondary N) is 2. The third kappa shape index (κ3) is 3.81. The zero-order valence-corrected chi connectivity index (χ0v) is 16.4. The molecular weight excluding hydrogens is 360 g/mol. The van der Waals surface area contributed by atoms with Gasteiger partial charge in [0.05, 0.1) is 23.6 Å². The van der Waals surface area contributed by atoms with Crippen molar-refractivity contribution in [3.63, 3.8) is 0 Å². The molecule has 0 aromatic carbocycles. The second-order valence-corrected chi connectivity index (χ2v) is 7.89. The van der Waals surface area contributed by atoms with E-state index >= 15 is 0 Å². The summed E-state index contributed by atoms with van der Waals surface area (Å²) in [5, 5.41) is 13.3. The van der Waals surface area contributed by atoms with E-state index in [1.807, 2.05) is 20.0 Å². The molecule has 0 radical (unpaired) electrons. The maximum absolute atomic E-state index is 12.4. The molecular formula is C19H24N6OS. The van der Waals surface area contributed by atoms with E-state index in [2.05, 4.69) is 43.1 Å². The number of amides is 2. The molecule has 1 atom stereocenters. The highest BCUT2D eigenvalue weighted by atomic mass is 32.1. The molecule has 2 N–H and O–H groups in total. The van der Waals surface area contributed by atoms with Crippen molar-refractivity contribution >= 4 is 34.1 Å². The van der Waals surface area contributed by atoms with Crippen LogP contribution in [0.2, 0.25) is 0 Å². The second-order valence-electron chi connectivity index (χ2n) is 6.91. The molecule has 3 aromatic heterocycles. The maximum Gasteiger partial charge on any atom is 0.319 e. The first-order valence-electron chi connectivity index (χ1n) is 9.23. The van der Waals surface area contributed by atoms with E-state index in [1.165, 1.54) is 17.7 Å². The van der Waals surface area contributed by atoms with Gasteiger partial charge >= 0.3 is 6.03 Å². The number of anilines is 1. The smallest absolute Gasteiger partial charge is 0.319 e. The van der Waals surface area contributed by atoms with Crippen molar-refractivity contribution in [3.8, 4) is 0 Å². The number of hydrogen-bond acceptors (Lipinski definition) is 5. The maximum atomic E-state index is 12.4. The minimum absolute atomic E-state index is 0.210. The van der Waals surface area contributed by atoms with Crippen LogP contribution in [0.25, 0.3) is 11.0 Å². The quantitative estimate of drug-likeness (QED) is 0.708. The summed E-state index contributed by atoms with van der Waals surface area (Å²) in [7, 11) is 1.87. The molecule has 0 spiro atoms. The van der Waals surface area contributed by atoms with Gasteiger partial charge in [-0.2, -0.15) is 5.10 Å². The molecule has 4 rings (SSSR count). The van der Waals surface area contributed by atoms with Crippen LogP contribution in [0.15, 0.2) is 29.8 Å². The molecule has 2 amide bonds. The number of pyridine rings is 1. The van der Waals surface area contributed by atoms with Crippen molar-refractivity contribution in [2.75, 3.05) is 25.0 Å². The molecule has 3 aromatic rings. The number of carbonyl (C=O) groups is 1. The number of thiophene rings is 1. The average molecular weight is 385 g/mol. The van der Waals surface area contributed by atoms with E-state index in [-0.39, 0.29) is 12.1 Å². The average Bonchev–Trinajstić information content (AvgIpc) is 3.39. The Morgan fingerprint density at radius 3 is 2.93 bits per heavy atom. The fraction of sp³-hybridized carbons (Fsp3) is 0.421. The number of aryl methyl sites for hydroxylation is 2. The monoisotopic (exact) mass is 384 g/mol. The molecule has 0 aliphatic carbocycles. The molecule has 27 heavy (non-hydrogen) atoms. The van der Waals surface area contributed by atoms with Gasteiger partial charge in [0, 0.05) is 23.9 Å². The lowest BCUT2D eigenvalue weighted by atomic mass is 10.2. The van der Waals surface area contributed by atoms with Crippen LogP contribution in [-0.2, 0) is 7.05 Å². The lowest BCUT2D eigenvalue weighted by Gasteiger charge is -2.26. The van der Waals surface area contributed by atoms with Crippen LogP contribution in [-0.4, -0.2) is 45.3 Å². The topological polar surface area (TPSA) is 75.1 Å². The number of fused-ring (bicyclic) bond motifs is 1. The fourth-order valence-corrected chi connectivity index (χ4v) is 4.55. The van der Waals surface area contributed by atoms with Crippen molar-refractivity contribution in [2.45, 2.75) is 25.8 Å². The summed E-state index contributed by atoms with van der Waals surface area (Å²) in [6, 6.07) is 6.16. The Morgan fingerprint density at radius 2 is 2.19 bits per heavy atom. The third-order valence-electron chi connectivity index (χ3n) is 5.03. The molecule has 8 heteroatoms. The summed E-state index contributed by atoms with van der Waals surface area (Å²) in [4.78, 5) is 20.6. The second kappa shape index (κ2) is 7.66. The zero-order valence-electron chi connectivity index (χ0n) is 15.6. The Balaban J connectivity index is 1.42. The number of nitrogens with zero attached hydrogens (tertiary/aromatic N) is 4. The Labute approximate surface area is 162 Å². The van der Waals surface area contributed by atoms with E-state index in [9.17, 15) is 4.79 Å². The van der Waals surface area contributed by atoms with E-state index in [0.717, 1.165) is 29.8 Å². The number of rotatable bonds is 5. The molecule has 7 nitrogen and oxygen atoms in total. The van der Waals surface area contributed by atoms with Crippen LogP contribution >= 0.6 is 11.3 Å². The number of aromatic nitrogens is 3. The Hall–Kier alpha value is -2.45. The van der Waals surface area contributed by atoms with Gasteiger partial charge in [0.25, 0.3) is 0 Å². The van der Waals surface area contributed by atoms with Gasteiger partial charge in [0.1, 0.15) is 0 Å². The van der Waals surface area contributed by atoms with Crippen LogP contribution in [0.5, 0.6) is 0 Å². The minimum Gasteiger partial charge on any atom is -0.336 e. The molecule has 1 fully saturated rings. The molecule has 1 saturated heterocycles. The van der Waals surface area contributed by atoms with Crippen molar-refractivity contribution < 1.29 is 4.79 Å². The van der Waals surface area contributed by atoms with Crippen LogP contribution < -0.4 is 10.6 Å². The Bertz CT molecular complexity index is 929. The van der Waals surface area contributed by atoms with Crippen molar-refractivity contribution in [1.29, 1.82) is 0 Å². The first-order valence-corrected chi connectivity index (χ1v) is 10.1. The lowest BCUT2D eigenvalue weighted by Crippen LogP contribution is -2.38. The fourth-order valence-electron chi connectivity index (χ4n) is 3.68. The van der Waals surface area contributed by atoms with Gasteiger partial charge in [-0.3, -0.25) is 9.58 Å². The number of carbonyl (C=O) groups excluding carboxylic acids is 1. The number of likely N-dealkylation sites (tertiary alicyclic amines) is 1. The van der Waals surface area contributed by atoms with Crippen LogP contribution in [0.1, 0.15) is 29.5 Å². The van der Waals surface area contributed by atoms with Gasteiger partial charge < -0.3 is 10.6 Å². The molecule has 1 aliphatic rings. The molecule has 0 unspecified atom stereocenters. The van der Waals surface area contributed by atoms with Gasteiger partial charge in [-0.15, -0.1) is 11.3 Å². The first kappa shape index (κ1) is 17.9. The molecule has 142 valence electrons. The normalized spacial score (nSPS) is 15.9. The highest BCUT2D eigenvalue weighted by Gasteiger charge is 2.24. The first-order chi connectivity index (χ1) is 13.1. The predicted molar refractivity (Wildman–Crippen MR) is 108 cm³/mol. The summed E-state index contributed by atoms with van der Waals surface area (Å²) in [5.41, 5.74) is 2.38. The Kier molecular flexibility index (Phi) is 5.09. The van der Waals surface area contributed by atoms with E-state index in [0.29, 0.717) is 12.2 Å². The van der Waals surface area contributed by atoms with E-state index in [1.54, 1.807) is 22.2 Å². The van der Waals surface area contributed by atoms with Crippen LogP contribution in [0.4, 0.5) is 10.5 Å². The molecule has 4 heterocycles. The molecule has 0 saturated carbocycles. The SMILES string of the molecule is Cc1nn(C)c2ncc(NC(=O)NC[C@@H](c3cccs3)N3CCCC3)cc12. The van der Waals surface area contributed by atoms with Crippen LogP contribution in [0.3, 0.4) is 0 Å². The molecule has 1 aliphatic heterocycles. The van der Waals surface area contributed by atoms with Gasteiger partial charge in [-0.25, -0.2) is 9.78 Å². The Morgan fingerprint density at radius 1 is 1.37 bits per heavy atom. The summed E-state index contributed by atoms with van der Waals surface area (Å²) < 4.78 is 1.75. The highest BCUT2D eigenvalue weighted by molar-refractivity contribution is 7.10. The summed E-state index contributed by atoms with van der Waals surface area (Å²) >= 11 is 1.75. The summed E-state index contributed by atoms with van der Waals surface area (Å²) in [6.07, 6.45) is 4.12. The van der Waals surface area contributed by atoms with Crippen molar-refractivity contribution in [3.05, 3.63) is 40.3 Å². The number of hydrogen-bond donors (Lipinski definition) is 2. The van der Waals surface area contributed by atoms with Gasteiger partial charge in [-0.1, -0.05) is 6.07 Å². The number of urea groups is 1. The lowest BCUT2D eigenvalue weighted by molar-refractivity contribution is 0.229. The minimum atomic E-state index is -0.210. The highest BCUT2D eigenvalue weighted by Crippen LogP contribution is 2.28. The van der Waals surface area contributed by atoms with E-state index in [4.69, 9.17) is 0 Å².